The van der Waals surface area contributed by atoms with Crippen LogP contribution in [-0.4, -0.2) is 50.7 Å². The SMILES string of the molecule is CNC(=O)CN1CCOC[C@@H](Cc2cccc3occc23)C1. The Morgan fingerprint density at radius 1 is 1.41 bits per heavy atom. The highest BCUT2D eigenvalue weighted by Gasteiger charge is 2.21. The molecule has 2 aromatic rings. The summed E-state index contributed by atoms with van der Waals surface area (Å²) >= 11 is 0. The first-order valence-electron chi connectivity index (χ1n) is 7.72. The topological polar surface area (TPSA) is 54.7 Å². The number of rotatable bonds is 4. The molecule has 0 radical (unpaired) electrons. The van der Waals surface area contributed by atoms with Gasteiger partial charge in [0.2, 0.25) is 5.91 Å². The summed E-state index contributed by atoms with van der Waals surface area (Å²) in [6.07, 6.45) is 2.66. The summed E-state index contributed by atoms with van der Waals surface area (Å²) in [6, 6.07) is 8.18. The van der Waals surface area contributed by atoms with E-state index in [1.807, 2.05) is 18.2 Å². The van der Waals surface area contributed by atoms with E-state index >= 15 is 0 Å². The largest absolute Gasteiger partial charge is 0.464 e. The van der Waals surface area contributed by atoms with Gasteiger partial charge >= 0.3 is 0 Å². The van der Waals surface area contributed by atoms with Crippen molar-refractivity contribution in [2.24, 2.45) is 5.92 Å². The summed E-state index contributed by atoms with van der Waals surface area (Å²) in [6.45, 7) is 3.54. The van der Waals surface area contributed by atoms with Gasteiger partial charge in [-0.1, -0.05) is 12.1 Å². The number of carbonyl (C=O) groups is 1. The molecule has 1 aliphatic rings. The second-order valence-electron chi connectivity index (χ2n) is 5.80. The highest BCUT2D eigenvalue weighted by molar-refractivity contribution is 5.80. The molecule has 5 nitrogen and oxygen atoms in total. The van der Waals surface area contributed by atoms with Crippen LogP contribution in [0.25, 0.3) is 11.0 Å². The van der Waals surface area contributed by atoms with Crippen LogP contribution in [0, 0.1) is 5.92 Å². The molecule has 22 heavy (non-hydrogen) atoms. The van der Waals surface area contributed by atoms with Gasteiger partial charge in [-0.25, -0.2) is 0 Å². The van der Waals surface area contributed by atoms with Crippen LogP contribution in [0.15, 0.2) is 34.9 Å². The van der Waals surface area contributed by atoms with Crippen LogP contribution in [0.1, 0.15) is 5.56 Å². The number of likely N-dealkylation sites (N-methyl/N-ethyl adjacent to an activating group) is 1. The van der Waals surface area contributed by atoms with E-state index in [1.54, 1.807) is 13.3 Å². The molecule has 5 heteroatoms. The maximum Gasteiger partial charge on any atom is 0.233 e. The molecule has 1 atom stereocenters. The number of hydrogen-bond donors (Lipinski definition) is 1. The molecule has 118 valence electrons. The van der Waals surface area contributed by atoms with Gasteiger partial charge in [0.05, 0.1) is 26.0 Å². The molecule has 1 saturated heterocycles. The standard InChI is InChI=1S/C17H22N2O3/c1-18-17(20)11-19-6-8-21-12-13(10-19)9-14-3-2-4-16-15(14)5-7-22-16/h2-5,7,13H,6,8-12H2,1H3,(H,18,20)/t13-/m0/s1. The van der Waals surface area contributed by atoms with Gasteiger partial charge in [0.25, 0.3) is 0 Å². The van der Waals surface area contributed by atoms with Gasteiger partial charge in [0.1, 0.15) is 5.58 Å². The summed E-state index contributed by atoms with van der Waals surface area (Å²) in [5.74, 6) is 0.435. The Bertz CT molecular complexity index is 638. The smallest absolute Gasteiger partial charge is 0.233 e. The fraction of sp³-hybridized carbons (Fsp3) is 0.471. The molecule has 1 fully saturated rings. The highest BCUT2D eigenvalue weighted by Crippen LogP contribution is 2.23. The molecule has 1 aromatic heterocycles. The maximum absolute atomic E-state index is 11.6. The summed E-state index contributed by atoms with van der Waals surface area (Å²) in [5, 5.41) is 3.86. The molecular weight excluding hydrogens is 280 g/mol. The Hall–Kier alpha value is -1.85. The van der Waals surface area contributed by atoms with Gasteiger partial charge in [-0.15, -0.1) is 0 Å². The number of fused-ring (bicyclic) bond motifs is 1. The van der Waals surface area contributed by atoms with E-state index in [4.69, 9.17) is 9.15 Å². The fourth-order valence-electron chi connectivity index (χ4n) is 3.05. The van der Waals surface area contributed by atoms with Crippen molar-refractivity contribution in [2.75, 3.05) is 39.9 Å². The molecule has 1 amide bonds. The highest BCUT2D eigenvalue weighted by atomic mass is 16.5. The van der Waals surface area contributed by atoms with Crippen molar-refractivity contribution < 1.29 is 13.9 Å². The second-order valence-corrected chi connectivity index (χ2v) is 5.80. The van der Waals surface area contributed by atoms with Crippen molar-refractivity contribution in [1.29, 1.82) is 0 Å². The Morgan fingerprint density at radius 3 is 3.18 bits per heavy atom. The first-order valence-corrected chi connectivity index (χ1v) is 7.72. The van der Waals surface area contributed by atoms with Crippen molar-refractivity contribution >= 4 is 16.9 Å². The maximum atomic E-state index is 11.6. The van der Waals surface area contributed by atoms with Gasteiger partial charge in [-0.3, -0.25) is 9.69 Å². The van der Waals surface area contributed by atoms with Crippen LogP contribution < -0.4 is 5.32 Å². The number of benzene rings is 1. The number of hydrogen-bond acceptors (Lipinski definition) is 4. The van der Waals surface area contributed by atoms with Gasteiger partial charge in [0.15, 0.2) is 0 Å². The predicted octanol–water partition coefficient (Wildman–Crippen LogP) is 1.67. The number of amides is 1. The van der Waals surface area contributed by atoms with Crippen molar-refractivity contribution in [3.63, 3.8) is 0 Å². The van der Waals surface area contributed by atoms with Crippen molar-refractivity contribution in [1.82, 2.24) is 10.2 Å². The minimum atomic E-state index is 0.0533. The van der Waals surface area contributed by atoms with Crippen LogP contribution in [-0.2, 0) is 16.0 Å². The number of nitrogens with zero attached hydrogens (tertiary/aromatic N) is 1. The third-order valence-corrected chi connectivity index (χ3v) is 4.16. The van der Waals surface area contributed by atoms with Crippen LogP contribution in [0.4, 0.5) is 0 Å². The van der Waals surface area contributed by atoms with Crippen molar-refractivity contribution in [3.05, 3.63) is 36.1 Å². The average Bonchev–Trinajstić information content (AvgIpc) is 2.90. The lowest BCUT2D eigenvalue weighted by Crippen LogP contribution is -2.39. The molecular formula is C17H22N2O3. The molecule has 0 unspecified atom stereocenters. The molecule has 0 spiro atoms. The Balaban J connectivity index is 1.70. The van der Waals surface area contributed by atoms with Crippen molar-refractivity contribution in [3.8, 4) is 0 Å². The summed E-state index contributed by atoms with van der Waals surface area (Å²) < 4.78 is 11.2. The van der Waals surface area contributed by atoms with E-state index in [2.05, 4.69) is 16.3 Å². The van der Waals surface area contributed by atoms with E-state index in [0.29, 0.717) is 19.1 Å². The quantitative estimate of drug-likeness (QED) is 0.933. The molecule has 1 aliphatic heterocycles. The normalized spacial score (nSPS) is 20.0. The summed E-state index contributed by atoms with van der Waals surface area (Å²) in [7, 11) is 1.67. The van der Waals surface area contributed by atoms with Crippen LogP contribution in [0.2, 0.25) is 0 Å². The van der Waals surface area contributed by atoms with Crippen molar-refractivity contribution in [2.45, 2.75) is 6.42 Å². The van der Waals surface area contributed by atoms with E-state index in [-0.39, 0.29) is 5.91 Å². The van der Waals surface area contributed by atoms with Gasteiger partial charge in [0, 0.05) is 25.5 Å². The first-order chi connectivity index (χ1) is 10.8. The molecule has 0 saturated carbocycles. The third kappa shape index (κ3) is 3.48. The summed E-state index contributed by atoms with van der Waals surface area (Å²) in [5.41, 5.74) is 2.20. The zero-order valence-electron chi connectivity index (χ0n) is 12.9. The average molecular weight is 302 g/mol. The first kappa shape index (κ1) is 15.1. The van der Waals surface area contributed by atoms with E-state index in [0.717, 1.165) is 31.7 Å². The van der Waals surface area contributed by atoms with Gasteiger partial charge < -0.3 is 14.5 Å². The van der Waals surface area contributed by atoms with E-state index < -0.39 is 0 Å². The molecule has 0 aliphatic carbocycles. The molecule has 1 aromatic carbocycles. The second kappa shape index (κ2) is 6.94. The minimum absolute atomic E-state index is 0.0533. The molecule has 0 bridgehead atoms. The molecule has 3 rings (SSSR count). The third-order valence-electron chi connectivity index (χ3n) is 4.16. The van der Waals surface area contributed by atoms with Gasteiger partial charge in [-0.2, -0.15) is 0 Å². The molecule has 2 heterocycles. The fourth-order valence-corrected chi connectivity index (χ4v) is 3.05. The lowest BCUT2D eigenvalue weighted by Gasteiger charge is -2.22. The van der Waals surface area contributed by atoms with E-state index in [9.17, 15) is 4.79 Å². The predicted molar refractivity (Wildman–Crippen MR) is 84.7 cm³/mol. The van der Waals surface area contributed by atoms with Crippen LogP contribution in [0.3, 0.4) is 0 Å². The molecule has 1 N–H and O–H groups in total. The monoisotopic (exact) mass is 302 g/mol. The van der Waals surface area contributed by atoms with Crippen LogP contribution >= 0.6 is 0 Å². The Kier molecular flexibility index (Phi) is 4.75. The zero-order chi connectivity index (χ0) is 15.4. The Labute approximate surface area is 130 Å². The number of carbonyl (C=O) groups excluding carboxylic acids is 1. The number of furan rings is 1. The summed E-state index contributed by atoms with van der Waals surface area (Å²) in [4.78, 5) is 13.8. The zero-order valence-corrected chi connectivity index (χ0v) is 12.9. The minimum Gasteiger partial charge on any atom is -0.464 e. The number of nitrogens with one attached hydrogen (secondary N) is 1. The Morgan fingerprint density at radius 2 is 2.32 bits per heavy atom. The van der Waals surface area contributed by atoms with Crippen LogP contribution in [0.5, 0.6) is 0 Å². The van der Waals surface area contributed by atoms with E-state index in [1.165, 1.54) is 10.9 Å². The lowest BCUT2D eigenvalue weighted by molar-refractivity contribution is -0.121. The van der Waals surface area contributed by atoms with Gasteiger partial charge in [-0.05, 0) is 30.0 Å². The number of ether oxygens (including phenoxy) is 1. The lowest BCUT2D eigenvalue weighted by atomic mass is 9.97.